The molecule has 1 unspecified atom stereocenters. The highest BCUT2D eigenvalue weighted by molar-refractivity contribution is 5.95. The number of nitrogen functional groups attached to an aromatic ring is 1. The van der Waals surface area contributed by atoms with Crippen LogP contribution in [-0.4, -0.2) is 34.1 Å². The topological polar surface area (TPSA) is 117 Å². The van der Waals surface area contributed by atoms with E-state index >= 15 is 0 Å². The van der Waals surface area contributed by atoms with Gasteiger partial charge in [0.2, 0.25) is 5.91 Å². The maximum absolute atomic E-state index is 11.8. The van der Waals surface area contributed by atoms with Gasteiger partial charge in [0.15, 0.2) is 0 Å². The summed E-state index contributed by atoms with van der Waals surface area (Å²) in [5.41, 5.74) is 5.71. The van der Waals surface area contributed by atoms with Crippen molar-refractivity contribution in [2.45, 2.75) is 31.8 Å². The van der Waals surface area contributed by atoms with Crippen molar-refractivity contribution >= 4 is 23.4 Å². The summed E-state index contributed by atoms with van der Waals surface area (Å²) in [6, 6.07) is 1.01. The predicted molar refractivity (Wildman–Crippen MR) is 69.9 cm³/mol. The van der Waals surface area contributed by atoms with Gasteiger partial charge in [0, 0.05) is 6.04 Å². The van der Waals surface area contributed by atoms with Crippen LogP contribution in [0.4, 0.5) is 11.5 Å². The lowest BCUT2D eigenvalue weighted by molar-refractivity contribution is -0.121. The molecule has 1 aromatic rings. The highest BCUT2D eigenvalue weighted by atomic mass is 16.4. The molecule has 2 rings (SSSR count). The number of nitrogens with one attached hydrogen (secondary N) is 2. The fourth-order valence-electron chi connectivity index (χ4n) is 1.58. The average Bonchev–Trinajstić information content (AvgIpc) is 3.14. The van der Waals surface area contributed by atoms with Crippen LogP contribution in [-0.2, 0) is 4.79 Å². The van der Waals surface area contributed by atoms with Crippen LogP contribution in [0.15, 0.2) is 12.3 Å². The molecular formula is C12H16N4O3. The first-order chi connectivity index (χ1) is 8.97. The fourth-order valence-corrected chi connectivity index (χ4v) is 1.58. The third-order valence-electron chi connectivity index (χ3n) is 2.81. The minimum atomic E-state index is -1.14. The molecular weight excluding hydrogens is 248 g/mol. The second-order valence-corrected chi connectivity index (χ2v) is 4.62. The number of hydrogen-bond donors (Lipinski definition) is 4. The highest BCUT2D eigenvalue weighted by Crippen LogP contribution is 2.20. The van der Waals surface area contributed by atoms with Gasteiger partial charge in [0.1, 0.15) is 17.4 Å². The van der Waals surface area contributed by atoms with E-state index in [9.17, 15) is 9.59 Å². The summed E-state index contributed by atoms with van der Waals surface area (Å²) in [4.78, 5) is 26.8. The van der Waals surface area contributed by atoms with Crippen molar-refractivity contribution in [2.24, 2.45) is 0 Å². The number of carbonyl (C=O) groups is 2. The van der Waals surface area contributed by atoms with Gasteiger partial charge < -0.3 is 21.5 Å². The van der Waals surface area contributed by atoms with Gasteiger partial charge in [0.25, 0.3) is 0 Å². The van der Waals surface area contributed by atoms with E-state index in [1.807, 2.05) is 0 Å². The molecule has 7 nitrogen and oxygen atoms in total. The number of nitrogens with zero attached hydrogens (tertiary/aromatic N) is 1. The lowest BCUT2D eigenvalue weighted by Crippen LogP contribution is -2.39. The number of aromatic nitrogens is 1. The molecule has 1 atom stereocenters. The third kappa shape index (κ3) is 3.34. The van der Waals surface area contributed by atoms with Crippen molar-refractivity contribution < 1.29 is 14.7 Å². The maximum Gasteiger partial charge on any atom is 0.339 e. The van der Waals surface area contributed by atoms with Crippen LogP contribution in [0.2, 0.25) is 0 Å². The number of hydrogen-bond acceptors (Lipinski definition) is 5. The summed E-state index contributed by atoms with van der Waals surface area (Å²) in [6.45, 7) is 1.65. The Hall–Kier alpha value is -2.31. The second-order valence-electron chi connectivity index (χ2n) is 4.62. The molecule has 1 amide bonds. The molecule has 1 aliphatic rings. The Morgan fingerprint density at radius 2 is 2.21 bits per heavy atom. The first kappa shape index (κ1) is 13.1. The molecule has 1 saturated carbocycles. The molecule has 0 spiro atoms. The van der Waals surface area contributed by atoms with Crippen molar-refractivity contribution in [3.63, 3.8) is 0 Å². The zero-order valence-corrected chi connectivity index (χ0v) is 10.5. The second kappa shape index (κ2) is 5.13. The number of carbonyl (C=O) groups excluding carboxylic acids is 1. The van der Waals surface area contributed by atoms with Gasteiger partial charge >= 0.3 is 5.97 Å². The number of nitrogens with two attached hydrogens (primary N) is 1. The van der Waals surface area contributed by atoms with Gasteiger partial charge in [0.05, 0.1) is 11.9 Å². The summed E-state index contributed by atoms with van der Waals surface area (Å²) in [6.07, 6.45) is 3.35. The lowest BCUT2D eigenvalue weighted by atomic mass is 10.2. The van der Waals surface area contributed by atoms with Gasteiger partial charge in [-0.3, -0.25) is 4.79 Å². The fraction of sp³-hybridized carbons (Fsp3) is 0.417. The minimum Gasteiger partial charge on any atom is -0.478 e. The molecule has 7 heteroatoms. The third-order valence-corrected chi connectivity index (χ3v) is 2.81. The molecule has 1 fully saturated rings. The van der Waals surface area contributed by atoms with Gasteiger partial charge in [-0.05, 0) is 25.8 Å². The minimum absolute atomic E-state index is 0.0499. The Labute approximate surface area is 110 Å². The van der Waals surface area contributed by atoms with Crippen LogP contribution in [0.3, 0.4) is 0 Å². The van der Waals surface area contributed by atoms with E-state index in [0.717, 1.165) is 12.8 Å². The first-order valence-corrected chi connectivity index (χ1v) is 6.03. The smallest absolute Gasteiger partial charge is 0.339 e. The Bertz CT molecular complexity index is 514. The zero-order valence-electron chi connectivity index (χ0n) is 10.5. The average molecular weight is 264 g/mol. The van der Waals surface area contributed by atoms with E-state index in [1.54, 1.807) is 6.92 Å². The Morgan fingerprint density at radius 1 is 1.53 bits per heavy atom. The van der Waals surface area contributed by atoms with Crippen molar-refractivity contribution in [3.8, 4) is 0 Å². The summed E-state index contributed by atoms with van der Waals surface area (Å²) in [7, 11) is 0. The number of carboxylic acids is 1. The molecule has 1 aromatic heterocycles. The van der Waals surface area contributed by atoms with E-state index < -0.39 is 12.0 Å². The molecule has 0 aromatic carbocycles. The molecule has 0 radical (unpaired) electrons. The molecule has 0 saturated heterocycles. The van der Waals surface area contributed by atoms with Crippen molar-refractivity contribution in [1.29, 1.82) is 0 Å². The number of aromatic carboxylic acids is 1. The van der Waals surface area contributed by atoms with E-state index in [1.165, 1.54) is 12.3 Å². The molecule has 5 N–H and O–H groups in total. The van der Waals surface area contributed by atoms with E-state index in [0.29, 0.717) is 0 Å². The molecule has 19 heavy (non-hydrogen) atoms. The van der Waals surface area contributed by atoms with Crippen molar-refractivity contribution in [1.82, 2.24) is 10.3 Å². The predicted octanol–water partition coefficient (Wildman–Crippen LogP) is 0.441. The maximum atomic E-state index is 11.8. The van der Waals surface area contributed by atoms with Gasteiger partial charge in [-0.1, -0.05) is 0 Å². The van der Waals surface area contributed by atoms with E-state index in [2.05, 4.69) is 15.6 Å². The Balaban J connectivity index is 2.08. The molecule has 102 valence electrons. The lowest BCUT2D eigenvalue weighted by Gasteiger charge is -2.15. The zero-order chi connectivity index (χ0) is 14.0. The normalized spacial score (nSPS) is 15.6. The number of amides is 1. The molecule has 0 bridgehead atoms. The number of carboxylic acid groups (broad SMARTS) is 1. The summed E-state index contributed by atoms with van der Waals surface area (Å²) in [5.74, 6) is -1.17. The molecule has 0 aliphatic heterocycles. The van der Waals surface area contributed by atoms with Crippen LogP contribution in [0.1, 0.15) is 30.1 Å². The summed E-state index contributed by atoms with van der Waals surface area (Å²) in [5, 5.41) is 14.7. The van der Waals surface area contributed by atoms with Crippen LogP contribution in [0.5, 0.6) is 0 Å². The Kier molecular flexibility index (Phi) is 3.55. The molecule has 1 heterocycles. The van der Waals surface area contributed by atoms with E-state index in [-0.39, 0.29) is 29.0 Å². The van der Waals surface area contributed by atoms with Crippen LogP contribution in [0.25, 0.3) is 0 Å². The van der Waals surface area contributed by atoms with E-state index in [4.69, 9.17) is 10.8 Å². The quantitative estimate of drug-likeness (QED) is 0.613. The Morgan fingerprint density at radius 3 is 2.79 bits per heavy atom. The number of pyridine rings is 1. The van der Waals surface area contributed by atoms with Crippen LogP contribution in [0, 0.1) is 0 Å². The van der Waals surface area contributed by atoms with Crippen molar-refractivity contribution in [2.75, 3.05) is 11.1 Å². The van der Waals surface area contributed by atoms with Crippen LogP contribution >= 0.6 is 0 Å². The van der Waals surface area contributed by atoms with Gasteiger partial charge in [-0.25, -0.2) is 9.78 Å². The first-order valence-electron chi connectivity index (χ1n) is 6.03. The number of rotatable bonds is 5. The summed E-state index contributed by atoms with van der Waals surface area (Å²) >= 11 is 0. The van der Waals surface area contributed by atoms with Crippen LogP contribution < -0.4 is 16.4 Å². The summed E-state index contributed by atoms with van der Waals surface area (Å²) < 4.78 is 0. The highest BCUT2D eigenvalue weighted by Gasteiger charge is 2.26. The standard InChI is InChI=1S/C12H16N4O3/c1-6(11(17)16-8-2-3-8)15-10-9(12(18)19)4-7(13)5-14-10/h4-6,8H,2-3,13H2,1H3,(H,14,15)(H,16,17)(H,18,19). The molecule has 1 aliphatic carbocycles. The SMILES string of the molecule is CC(Nc1ncc(N)cc1C(=O)O)C(=O)NC1CC1. The monoisotopic (exact) mass is 264 g/mol. The van der Waals surface area contributed by atoms with Gasteiger partial charge in [-0.2, -0.15) is 0 Å². The largest absolute Gasteiger partial charge is 0.478 e. The van der Waals surface area contributed by atoms with Crippen molar-refractivity contribution in [3.05, 3.63) is 17.8 Å². The number of anilines is 2. The van der Waals surface area contributed by atoms with Gasteiger partial charge in [-0.15, -0.1) is 0 Å².